The molecule has 0 saturated heterocycles. The zero-order chi connectivity index (χ0) is 13.9. The molecule has 0 heterocycles. The van der Waals surface area contributed by atoms with Crippen LogP contribution in [0, 0.1) is 15.3 Å². The Morgan fingerprint density at radius 3 is 2.50 bits per heavy atom. The second-order valence-corrected chi connectivity index (χ2v) is 5.15. The molecule has 2 atom stereocenters. The molecule has 0 aliphatic carbocycles. The van der Waals surface area contributed by atoms with Crippen LogP contribution in [-0.4, -0.2) is 23.0 Å². The van der Waals surface area contributed by atoms with E-state index >= 15 is 0 Å². The summed E-state index contributed by atoms with van der Waals surface area (Å²) in [5, 5.41) is 11.3. The number of aliphatic carboxylic acids is 1. The number of hydrogen-bond acceptors (Lipinski definition) is 2. The molecule has 0 fully saturated rings. The summed E-state index contributed by atoms with van der Waals surface area (Å²) in [4.78, 5) is 22.6. The molecule has 0 bridgehead atoms. The highest BCUT2D eigenvalue weighted by Crippen LogP contribution is 2.16. The SMILES string of the molecule is CC(NC(=O)c1c(F)cccc1I)C(C)C(=O)O. The number of nitrogens with one attached hydrogen (secondary N) is 1. The average molecular weight is 365 g/mol. The maximum atomic E-state index is 13.5. The molecule has 0 aliphatic rings. The molecule has 1 amide bonds. The van der Waals surface area contributed by atoms with Gasteiger partial charge in [-0.3, -0.25) is 9.59 Å². The Labute approximate surface area is 118 Å². The van der Waals surface area contributed by atoms with Crippen molar-refractivity contribution in [3.8, 4) is 0 Å². The van der Waals surface area contributed by atoms with Gasteiger partial charge in [0, 0.05) is 9.61 Å². The number of amides is 1. The Kier molecular flexibility index (Phi) is 5.06. The zero-order valence-corrected chi connectivity index (χ0v) is 12.1. The molecule has 2 unspecified atom stereocenters. The Balaban J connectivity index is 2.86. The molecular weight excluding hydrogens is 352 g/mol. The third-order valence-corrected chi connectivity index (χ3v) is 3.59. The van der Waals surface area contributed by atoms with E-state index in [1.54, 1.807) is 13.0 Å². The van der Waals surface area contributed by atoms with E-state index in [0.29, 0.717) is 3.57 Å². The predicted molar refractivity (Wildman–Crippen MR) is 72.8 cm³/mol. The maximum absolute atomic E-state index is 13.5. The highest BCUT2D eigenvalue weighted by atomic mass is 127. The fraction of sp³-hybridized carbons (Fsp3) is 0.333. The number of carboxylic acids is 1. The van der Waals surface area contributed by atoms with Crippen LogP contribution in [-0.2, 0) is 4.79 Å². The van der Waals surface area contributed by atoms with Crippen molar-refractivity contribution in [2.75, 3.05) is 0 Å². The van der Waals surface area contributed by atoms with Crippen LogP contribution >= 0.6 is 22.6 Å². The summed E-state index contributed by atoms with van der Waals surface area (Å²) in [6, 6.07) is 3.74. The van der Waals surface area contributed by atoms with Crippen LogP contribution in [0.2, 0.25) is 0 Å². The van der Waals surface area contributed by atoms with Gasteiger partial charge in [0.1, 0.15) is 5.82 Å². The molecule has 0 saturated carbocycles. The lowest BCUT2D eigenvalue weighted by molar-refractivity contribution is -0.141. The van der Waals surface area contributed by atoms with E-state index in [1.807, 2.05) is 22.6 Å². The summed E-state index contributed by atoms with van der Waals surface area (Å²) in [7, 11) is 0. The zero-order valence-electron chi connectivity index (χ0n) is 9.91. The van der Waals surface area contributed by atoms with Crippen LogP contribution in [0.15, 0.2) is 18.2 Å². The summed E-state index contributed by atoms with van der Waals surface area (Å²) in [5.74, 6) is -2.96. The highest BCUT2D eigenvalue weighted by Gasteiger charge is 2.23. The van der Waals surface area contributed by atoms with Crippen molar-refractivity contribution in [3.05, 3.63) is 33.1 Å². The summed E-state index contributed by atoms with van der Waals surface area (Å²) in [6.45, 7) is 3.06. The van der Waals surface area contributed by atoms with Crippen LogP contribution in [0.25, 0.3) is 0 Å². The van der Waals surface area contributed by atoms with Gasteiger partial charge < -0.3 is 10.4 Å². The first-order valence-electron chi connectivity index (χ1n) is 5.32. The standard InChI is InChI=1S/C12H13FINO3/c1-6(12(17)18)7(2)15-11(16)10-8(13)4-3-5-9(10)14/h3-7H,1-2H3,(H,15,16)(H,17,18). The number of carboxylic acid groups (broad SMARTS) is 1. The molecule has 1 rings (SSSR count). The van der Waals surface area contributed by atoms with Gasteiger partial charge in [0.15, 0.2) is 0 Å². The lowest BCUT2D eigenvalue weighted by atomic mass is 10.0. The Morgan fingerprint density at radius 2 is 2.00 bits per heavy atom. The summed E-state index contributed by atoms with van der Waals surface area (Å²) >= 11 is 1.86. The van der Waals surface area contributed by atoms with Crippen molar-refractivity contribution in [2.45, 2.75) is 19.9 Å². The van der Waals surface area contributed by atoms with Crippen molar-refractivity contribution in [3.63, 3.8) is 0 Å². The predicted octanol–water partition coefficient (Wildman–Crippen LogP) is 2.27. The summed E-state index contributed by atoms with van der Waals surface area (Å²) in [5.41, 5.74) is -0.0532. The molecule has 98 valence electrons. The summed E-state index contributed by atoms with van der Waals surface area (Å²) in [6.07, 6.45) is 0. The first-order valence-corrected chi connectivity index (χ1v) is 6.40. The van der Waals surface area contributed by atoms with Gasteiger partial charge in [0.2, 0.25) is 0 Å². The number of carbonyl (C=O) groups excluding carboxylic acids is 1. The Morgan fingerprint density at radius 1 is 1.39 bits per heavy atom. The first-order chi connectivity index (χ1) is 8.34. The number of halogens is 2. The lowest BCUT2D eigenvalue weighted by Gasteiger charge is -2.18. The minimum absolute atomic E-state index is 0.0532. The van der Waals surface area contributed by atoms with Gasteiger partial charge in [0.25, 0.3) is 5.91 Å². The van der Waals surface area contributed by atoms with E-state index in [2.05, 4.69) is 5.32 Å². The van der Waals surface area contributed by atoms with E-state index in [4.69, 9.17) is 5.11 Å². The number of hydrogen-bond donors (Lipinski definition) is 2. The minimum Gasteiger partial charge on any atom is -0.481 e. The van der Waals surface area contributed by atoms with Gasteiger partial charge in [-0.1, -0.05) is 6.07 Å². The minimum atomic E-state index is -1.01. The van der Waals surface area contributed by atoms with Gasteiger partial charge in [0.05, 0.1) is 11.5 Å². The smallest absolute Gasteiger partial charge is 0.308 e. The van der Waals surface area contributed by atoms with Crippen molar-refractivity contribution in [1.29, 1.82) is 0 Å². The van der Waals surface area contributed by atoms with Gasteiger partial charge in [-0.2, -0.15) is 0 Å². The molecule has 18 heavy (non-hydrogen) atoms. The van der Waals surface area contributed by atoms with E-state index in [0.717, 1.165) is 0 Å². The van der Waals surface area contributed by atoms with Gasteiger partial charge in [-0.05, 0) is 48.6 Å². The van der Waals surface area contributed by atoms with Crippen LogP contribution in [0.5, 0.6) is 0 Å². The quantitative estimate of drug-likeness (QED) is 0.805. The first kappa shape index (κ1) is 14.9. The second-order valence-electron chi connectivity index (χ2n) is 3.99. The second kappa shape index (κ2) is 6.12. The number of benzene rings is 1. The molecule has 1 aromatic rings. The average Bonchev–Trinajstić information content (AvgIpc) is 2.27. The monoisotopic (exact) mass is 365 g/mol. The molecule has 0 aromatic heterocycles. The molecule has 2 N–H and O–H groups in total. The van der Waals surface area contributed by atoms with Crippen LogP contribution in [0.1, 0.15) is 24.2 Å². The van der Waals surface area contributed by atoms with E-state index in [9.17, 15) is 14.0 Å². The number of rotatable bonds is 4. The largest absolute Gasteiger partial charge is 0.481 e. The molecular formula is C12H13FINO3. The molecule has 1 aromatic carbocycles. The van der Waals surface area contributed by atoms with Gasteiger partial charge >= 0.3 is 5.97 Å². The third-order valence-electron chi connectivity index (χ3n) is 2.69. The van der Waals surface area contributed by atoms with Crippen LogP contribution in [0.3, 0.4) is 0 Å². The van der Waals surface area contributed by atoms with Crippen molar-refractivity contribution < 1.29 is 19.1 Å². The van der Waals surface area contributed by atoms with E-state index in [-0.39, 0.29) is 5.56 Å². The molecule has 4 nitrogen and oxygen atoms in total. The fourth-order valence-electron chi connectivity index (χ4n) is 1.33. The van der Waals surface area contributed by atoms with Crippen LogP contribution < -0.4 is 5.32 Å². The van der Waals surface area contributed by atoms with Gasteiger partial charge in [-0.25, -0.2) is 4.39 Å². The van der Waals surface area contributed by atoms with E-state index < -0.39 is 29.7 Å². The van der Waals surface area contributed by atoms with E-state index in [1.165, 1.54) is 19.1 Å². The molecule has 0 aliphatic heterocycles. The third kappa shape index (κ3) is 3.41. The normalized spacial score (nSPS) is 13.8. The lowest BCUT2D eigenvalue weighted by Crippen LogP contribution is -2.40. The molecule has 6 heteroatoms. The topological polar surface area (TPSA) is 66.4 Å². The summed E-state index contributed by atoms with van der Waals surface area (Å²) < 4.78 is 14.0. The van der Waals surface area contributed by atoms with Crippen LogP contribution in [0.4, 0.5) is 4.39 Å². The van der Waals surface area contributed by atoms with Crippen molar-refractivity contribution in [2.24, 2.45) is 5.92 Å². The maximum Gasteiger partial charge on any atom is 0.308 e. The van der Waals surface area contributed by atoms with Crippen molar-refractivity contribution in [1.82, 2.24) is 5.32 Å². The number of carbonyl (C=O) groups is 2. The fourth-order valence-corrected chi connectivity index (χ4v) is 2.04. The molecule has 0 radical (unpaired) electrons. The Bertz CT molecular complexity index is 458. The van der Waals surface area contributed by atoms with Crippen molar-refractivity contribution >= 4 is 34.5 Å². The highest BCUT2D eigenvalue weighted by molar-refractivity contribution is 14.1. The van der Waals surface area contributed by atoms with Gasteiger partial charge in [-0.15, -0.1) is 0 Å². The molecule has 0 spiro atoms. The Hall–Kier alpha value is -1.18.